The van der Waals surface area contributed by atoms with Crippen molar-refractivity contribution in [1.82, 2.24) is 15.2 Å². The van der Waals surface area contributed by atoms with Crippen LogP contribution in [0.25, 0.3) is 0 Å². The number of rotatable bonds is 4. The maximum absolute atomic E-state index is 5.68. The lowest BCUT2D eigenvalue weighted by Gasteiger charge is -2.33. The Labute approximate surface area is 154 Å². The summed E-state index contributed by atoms with van der Waals surface area (Å²) < 4.78 is 0. The number of nitrogens with one attached hydrogen (secondary N) is 1. The van der Waals surface area contributed by atoms with Gasteiger partial charge in [0.1, 0.15) is 0 Å². The Bertz CT molecular complexity index is 617. The van der Waals surface area contributed by atoms with Crippen molar-refractivity contribution in [1.29, 1.82) is 0 Å². The van der Waals surface area contributed by atoms with E-state index in [2.05, 4.69) is 33.9 Å². The highest BCUT2D eigenvalue weighted by Crippen LogP contribution is 2.26. The Morgan fingerprint density at radius 2 is 1.88 bits per heavy atom. The number of hydrogen-bond acceptors (Lipinski definition) is 5. The Morgan fingerprint density at radius 1 is 1.24 bits per heavy atom. The zero-order valence-electron chi connectivity index (χ0n) is 15.1. The van der Waals surface area contributed by atoms with Gasteiger partial charge in [0.25, 0.3) is 0 Å². The number of hydrogen-bond donors (Lipinski definition) is 3. The predicted octanol–water partition coefficient (Wildman–Crippen LogP) is 3.10. The van der Waals surface area contributed by atoms with E-state index in [-0.39, 0.29) is 0 Å². The Kier molecular flexibility index (Phi) is 7.52. The van der Waals surface area contributed by atoms with Crippen molar-refractivity contribution in [3.8, 4) is 0 Å². The molecule has 0 amide bonds. The standard InChI is InChI=1S/C10H19N5.C8H10ClN/c1-7(2)8-3-5-15(6-4-8)10-12-9(11)13-14-10;9-8-3-1-7(2-4-8)5-6-10/h7-8H,3-6H2,1-2H3,(H3,11,12,13,14);1-4H,5-6,10H2. The molecule has 0 atom stereocenters. The number of nitrogen functional groups attached to an aromatic ring is 1. The molecule has 0 spiro atoms. The summed E-state index contributed by atoms with van der Waals surface area (Å²) in [5, 5.41) is 7.48. The lowest BCUT2D eigenvalue weighted by atomic mass is 9.87. The number of aromatic nitrogens is 3. The maximum atomic E-state index is 5.68. The largest absolute Gasteiger partial charge is 0.366 e. The molecule has 0 unspecified atom stereocenters. The van der Waals surface area contributed by atoms with Crippen LogP contribution < -0.4 is 16.4 Å². The molecule has 0 radical (unpaired) electrons. The van der Waals surface area contributed by atoms with Crippen LogP contribution in [0.3, 0.4) is 0 Å². The minimum absolute atomic E-state index is 0.330. The van der Waals surface area contributed by atoms with Gasteiger partial charge >= 0.3 is 0 Å². The van der Waals surface area contributed by atoms with Crippen molar-refractivity contribution in [3.05, 3.63) is 34.9 Å². The zero-order valence-corrected chi connectivity index (χ0v) is 15.8. The van der Waals surface area contributed by atoms with E-state index in [1.54, 1.807) is 0 Å². The number of piperidine rings is 1. The van der Waals surface area contributed by atoms with E-state index >= 15 is 0 Å². The van der Waals surface area contributed by atoms with Crippen molar-refractivity contribution in [2.75, 3.05) is 30.3 Å². The molecule has 1 aromatic carbocycles. The summed E-state index contributed by atoms with van der Waals surface area (Å²) in [6.45, 7) is 7.40. The molecule has 1 fully saturated rings. The number of H-pyrrole nitrogens is 1. The summed E-state index contributed by atoms with van der Waals surface area (Å²) in [6.07, 6.45) is 3.40. The van der Waals surface area contributed by atoms with E-state index < -0.39 is 0 Å². The van der Waals surface area contributed by atoms with Crippen LogP contribution in [-0.2, 0) is 6.42 Å². The van der Waals surface area contributed by atoms with Gasteiger partial charge in [-0.05, 0) is 55.3 Å². The molecule has 7 heteroatoms. The summed E-state index contributed by atoms with van der Waals surface area (Å²) in [7, 11) is 0. The average molecular weight is 365 g/mol. The number of halogens is 1. The highest BCUT2D eigenvalue weighted by atomic mass is 35.5. The molecule has 3 rings (SSSR count). The van der Waals surface area contributed by atoms with E-state index in [0.29, 0.717) is 12.5 Å². The lowest BCUT2D eigenvalue weighted by molar-refractivity contribution is 0.310. The van der Waals surface area contributed by atoms with Gasteiger partial charge in [-0.1, -0.05) is 37.6 Å². The number of benzene rings is 1. The van der Waals surface area contributed by atoms with Crippen LogP contribution in [-0.4, -0.2) is 34.8 Å². The van der Waals surface area contributed by atoms with Gasteiger partial charge in [0.15, 0.2) is 0 Å². The third-order valence-electron chi connectivity index (χ3n) is 4.62. The molecule has 5 N–H and O–H groups in total. The van der Waals surface area contributed by atoms with Crippen molar-refractivity contribution in [3.63, 3.8) is 0 Å². The average Bonchev–Trinajstić information content (AvgIpc) is 3.04. The van der Waals surface area contributed by atoms with Gasteiger partial charge in [0.05, 0.1) is 0 Å². The Hall–Kier alpha value is -1.79. The summed E-state index contributed by atoms with van der Waals surface area (Å²) in [5.74, 6) is 2.78. The lowest BCUT2D eigenvalue weighted by Crippen LogP contribution is -2.35. The predicted molar refractivity (Wildman–Crippen MR) is 105 cm³/mol. The Balaban J connectivity index is 0.000000196. The number of nitrogens with zero attached hydrogens (tertiary/aromatic N) is 3. The quantitative estimate of drug-likeness (QED) is 0.774. The van der Waals surface area contributed by atoms with Crippen molar-refractivity contribution < 1.29 is 0 Å². The highest BCUT2D eigenvalue weighted by molar-refractivity contribution is 6.30. The van der Waals surface area contributed by atoms with Crippen molar-refractivity contribution in [2.24, 2.45) is 17.6 Å². The first-order valence-electron chi connectivity index (χ1n) is 8.87. The molecule has 1 aromatic heterocycles. The topological polar surface area (TPSA) is 96.9 Å². The minimum Gasteiger partial charge on any atom is -0.366 e. The van der Waals surface area contributed by atoms with Crippen LogP contribution in [0.15, 0.2) is 24.3 Å². The van der Waals surface area contributed by atoms with E-state index in [9.17, 15) is 0 Å². The van der Waals surface area contributed by atoms with E-state index in [1.807, 2.05) is 24.3 Å². The molecule has 1 saturated heterocycles. The van der Waals surface area contributed by atoms with Gasteiger partial charge in [-0.3, -0.25) is 0 Å². The smallest absolute Gasteiger partial charge is 0.241 e. The summed E-state index contributed by atoms with van der Waals surface area (Å²) in [4.78, 5) is 6.37. The third kappa shape index (κ3) is 6.21. The van der Waals surface area contributed by atoms with Gasteiger partial charge in [0.2, 0.25) is 11.9 Å². The molecule has 0 bridgehead atoms. The van der Waals surface area contributed by atoms with Gasteiger partial charge in [-0.15, -0.1) is 5.10 Å². The fraction of sp³-hybridized carbons (Fsp3) is 0.556. The number of aromatic amines is 1. The van der Waals surface area contributed by atoms with Crippen LogP contribution >= 0.6 is 11.6 Å². The number of nitrogens with two attached hydrogens (primary N) is 2. The second-order valence-electron chi connectivity index (χ2n) is 6.75. The molecule has 1 aliphatic rings. The van der Waals surface area contributed by atoms with Crippen molar-refractivity contribution >= 4 is 23.5 Å². The molecule has 138 valence electrons. The maximum Gasteiger partial charge on any atom is 0.241 e. The van der Waals surface area contributed by atoms with Gasteiger partial charge < -0.3 is 16.4 Å². The Morgan fingerprint density at radius 3 is 2.36 bits per heavy atom. The van der Waals surface area contributed by atoms with Crippen LogP contribution in [0, 0.1) is 11.8 Å². The van der Waals surface area contributed by atoms with E-state index in [1.165, 1.54) is 18.4 Å². The van der Waals surface area contributed by atoms with Gasteiger partial charge in [-0.2, -0.15) is 4.98 Å². The van der Waals surface area contributed by atoms with E-state index in [0.717, 1.165) is 42.3 Å². The first kappa shape index (κ1) is 19.5. The third-order valence-corrected chi connectivity index (χ3v) is 4.87. The first-order valence-corrected chi connectivity index (χ1v) is 9.24. The van der Waals surface area contributed by atoms with Crippen LogP contribution in [0.1, 0.15) is 32.3 Å². The molecular weight excluding hydrogens is 336 g/mol. The molecular formula is C18H29ClN6. The second kappa shape index (κ2) is 9.63. The summed E-state index contributed by atoms with van der Waals surface area (Å²) in [6, 6.07) is 7.75. The molecule has 0 aliphatic carbocycles. The second-order valence-corrected chi connectivity index (χ2v) is 7.19. The van der Waals surface area contributed by atoms with Crippen LogP contribution in [0.5, 0.6) is 0 Å². The first-order chi connectivity index (χ1) is 12.0. The van der Waals surface area contributed by atoms with Gasteiger partial charge in [0, 0.05) is 18.1 Å². The van der Waals surface area contributed by atoms with Crippen LogP contribution in [0.4, 0.5) is 11.9 Å². The molecule has 0 saturated carbocycles. The molecule has 2 aromatic rings. The van der Waals surface area contributed by atoms with Gasteiger partial charge in [-0.25, -0.2) is 5.10 Å². The zero-order chi connectivity index (χ0) is 18.2. The molecule has 25 heavy (non-hydrogen) atoms. The summed E-state index contributed by atoms with van der Waals surface area (Å²) >= 11 is 5.68. The molecule has 6 nitrogen and oxygen atoms in total. The minimum atomic E-state index is 0.330. The molecule has 1 aliphatic heterocycles. The highest BCUT2D eigenvalue weighted by Gasteiger charge is 2.23. The monoisotopic (exact) mass is 364 g/mol. The fourth-order valence-corrected chi connectivity index (χ4v) is 3.13. The molecule has 2 heterocycles. The normalized spacial score (nSPS) is 15.2. The van der Waals surface area contributed by atoms with Crippen molar-refractivity contribution in [2.45, 2.75) is 33.1 Å². The summed E-state index contributed by atoms with van der Waals surface area (Å²) in [5.41, 5.74) is 12.1. The van der Waals surface area contributed by atoms with E-state index in [4.69, 9.17) is 23.1 Å². The SMILES string of the molecule is CC(C)C1CCN(c2nc(N)n[nH]2)CC1.NCCc1ccc(Cl)cc1. The fourth-order valence-electron chi connectivity index (χ4n) is 3.00. The van der Waals surface area contributed by atoms with Crippen LogP contribution in [0.2, 0.25) is 5.02 Å². The number of anilines is 2.